The normalized spacial score (nSPS) is 17.6. The first-order valence-corrected chi connectivity index (χ1v) is 7.45. The maximum absolute atomic E-state index is 10.6. The summed E-state index contributed by atoms with van der Waals surface area (Å²) in [6.45, 7) is 7.76. The number of hydrogen-bond donors (Lipinski definition) is 1. The van der Waals surface area contributed by atoms with Crippen molar-refractivity contribution in [1.82, 2.24) is 0 Å². The maximum atomic E-state index is 10.6. The molecule has 0 radical (unpaired) electrons. The number of hydrogen-bond acceptors (Lipinski definition) is 3. The van der Waals surface area contributed by atoms with Gasteiger partial charge in [-0.25, -0.2) is 0 Å². The van der Waals surface area contributed by atoms with Crippen molar-refractivity contribution in [3.63, 3.8) is 0 Å². The van der Waals surface area contributed by atoms with Gasteiger partial charge in [0, 0.05) is 6.42 Å². The fourth-order valence-electron chi connectivity index (χ4n) is 2.63. The van der Waals surface area contributed by atoms with Crippen molar-refractivity contribution in [1.29, 1.82) is 0 Å². The number of rotatable bonds is 6. The summed E-state index contributed by atoms with van der Waals surface area (Å²) in [5.74, 6) is 1.50. The average molecular weight is 288 g/mol. The minimum atomic E-state index is -0.751. The van der Waals surface area contributed by atoms with Crippen LogP contribution in [0.2, 0.25) is 0 Å². The third-order valence-electron chi connectivity index (χ3n) is 4.31. The van der Waals surface area contributed by atoms with Crippen molar-refractivity contribution in [3.05, 3.63) is 47.7 Å². The van der Waals surface area contributed by atoms with Gasteiger partial charge in [0.25, 0.3) is 0 Å². The second-order valence-electron chi connectivity index (χ2n) is 5.49. The minimum Gasteiger partial charge on any atom is -0.497 e. The summed E-state index contributed by atoms with van der Waals surface area (Å²) >= 11 is 0. The predicted octanol–water partition coefficient (Wildman–Crippen LogP) is 3.71. The molecule has 0 amide bonds. The number of fused-ring (bicyclic) bond motifs is 1. The molecule has 0 unspecified atom stereocenters. The number of benzene rings is 1. The van der Waals surface area contributed by atoms with Gasteiger partial charge in [-0.1, -0.05) is 32.6 Å². The van der Waals surface area contributed by atoms with Gasteiger partial charge in [0.2, 0.25) is 0 Å². The molecule has 114 valence electrons. The van der Waals surface area contributed by atoms with E-state index >= 15 is 0 Å². The summed E-state index contributed by atoms with van der Waals surface area (Å²) in [7, 11) is 1.60. The zero-order chi connectivity index (χ0) is 15.5. The molecule has 3 heteroatoms. The summed E-state index contributed by atoms with van der Waals surface area (Å²) in [5.41, 5.74) is 1.47. The highest BCUT2D eigenvalue weighted by atomic mass is 16.5. The van der Waals surface area contributed by atoms with E-state index in [2.05, 4.69) is 12.6 Å². The SMILES string of the molecule is C=C(/C=C/c1ccc2c(c1)C[C@@H](C(O)(CC)CC)O2)OC. The lowest BCUT2D eigenvalue weighted by atomic mass is 9.88. The third kappa shape index (κ3) is 3.30. The Morgan fingerprint density at radius 3 is 2.81 bits per heavy atom. The average Bonchev–Trinajstić information content (AvgIpc) is 2.95. The zero-order valence-corrected chi connectivity index (χ0v) is 13.1. The van der Waals surface area contributed by atoms with E-state index in [1.165, 1.54) is 0 Å². The zero-order valence-electron chi connectivity index (χ0n) is 13.1. The highest BCUT2D eigenvalue weighted by Gasteiger charge is 2.39. The lowest BCUT2D eigenvalue weighted by Crippen LogP contribution is -2.44. The van der Waals surface area contributed by atoms with E-state index in [-0.39, 0.29) is 6.10 Å². The van der Waals surface area contributed by atoms with Crippen molar-refractivity contribution in [2.75, 3.05) is 7.11 Å². The van der Waals surface area contributed by atoms with E-state index in [0.29, 0.717) is 18.6 Å². The van der Waals surface area contributed by atoms with Gasteiger partial charge in [-0.15, -0.1) is 0 Å². The van der Waals surface area contributed by atoms with Crippen LogP contribution in [0.4, 0.5) is 0 Å². The highest BCUT2D eigenvalue weighted by Crippen LogP contribution is 2.36. The Labute approximate surface area is 126 Å². The second kappa shape index (κ2) is 6.35. The first-order chi connectivity index (χ1) is 10.0. The molecule has 21 heavy (non-hydrogen) atoms. The Balaban J connectivity index is 2.15. The predicted molar refractivity (Wildman–Crippen MR) is 85.3 cm³/mol. The van der Waals surface area contributed by atoms with Crippen molar-refractivity contribution in [2.24, 2.45) is 0 Å². The summed E-state index contributed by atoms with van der Waals surface area (Å²) < 4.78 is 11.0. The summed E-state index contributed by atoms with van der Waals surface area (Å²) in [4.78, 5) is 0. The molecular formula is C18H24O3. The monoisotopic (exact) mass is 288 g/mol. The smallest absolute Gasteiger partial charge is 0.131 e. The quantitative estimate of drug-likeness (QED) is 0.640. The Hall–Kier alpha value is -1.74. The number of allylic oxidation sites excluding steroid dienone is 1. The van der Waals surface area contributed by atoms with Gasteiger partial charge in [0.1, 0.15) is 23.2 Å². The Bertz CT molecular complexity index is 541. The van der Waals surface area contributed by atoms with Crippen molar-refractivity contribution in [2.45, 2.75) is 44.8 Å². The van der Waals surface area contributed by atoms with E-state index < -0.39 is 5.60 Å². The fourth-order valence-corrected chi connectivity index (χ4v) is 2.63. The van der Waals surface area contributed by atoms with Crippen LogP contribution in [0.25, 0.3) is 6.08 Å². The Kier molecular flexibility index (Phi) is 4.73. The molecular weight excluding hydrogens is 264 g/mol. The Morgan fingerprint density at radius 1 is 1.48 bits per heavy atom. The summed E-state index contributed by atoms with van der Waals surface area (Å²) in [6, 6.07) is 6.06. The topological polar surface area (TPSA) is 38.7 Å². The molecule has 1 aliphatic heterocycles. The first kappa shape index (κ1) is 15.6. The molecule has 1 atom stereocenters. The number of aliphatic hydroxyl groups is 1. The van der Waals surface area contributed by atoms with Crippen LogP contribution in [-0.2, 0) is 11.2 Å². The molecule has 2 rings (SSSR count). The molecule has 1 aliphatic rings. The second-order valence-corrected chi connectivity index (χ2v) is 5.49. The molecule has 0 aromatic heterocycles. The van der Waals surface area contributed by atoms with E-state index in [0.717, 1.165) is 23.3 Å². The highest BCUT2D eigenvalue weighted by molar-refractivity contribution is 5.56. The molecule has 1 heterocycles. The molecule has 1 N–H and O–H groups in total. The van der Waals surface area contributed by atoms with Gasteiger partial charge in [0.15, 0.2) is 0 Å². The van der Waals surface area contributed by atoms with Gasteiger partial charge in [0.05, 0.1) is 7.11 Å². The molecule has 0 saturated carbocycles. The summed E-state index contributed by atoms with van der Waals surface area (Å²) in [6.07, 6.45) is 5.79. The van der Waals surface area contributed by atoms with Crippen molar-refractivity contribution >= 4 is 6.08 Å². The van der Waals surface area contributed by atoms with Gasteiger partial charge in [-0.3, -0.25) is 0 Å². The van der Waals surface area contributed by atoms with Gasteiger partial charge in [-0.05, 0) is 42.2 Å². The van der Waals surface area contributed by atoms with Gasteiger partial charge in [-0.2, -0.15) is 0 Å². The van der Waals surface area contributed by atoms with Crippen LogP contribution < -0.4 is 4.74 Å². The summed E-state index contributed by atoms with van der Waals surface area (Å²) in [5, 5.41) is 10.6. The van der Waals surface area contributed by atoms with Crippen LogP contribution in [0.5, 0.6) is 5.75 Å². The molecule has 0 fully saturated rings. The largest absolute Gasteiger partial charge is 0.497 e. The molecule has 1 aromatic carbocycles. The standard InChI is InChI=1S/C18H24O3/c1-5-18(19,6-2)17-12-15-11-14(8-7-13(3)20-4)9-10-16(15)21-17/h7-11,17,19H,3,5-6,12H2,1-2,4H3/b8-7+/t17-/m0/s1. The molecule has 0 aliphatic carbocycles. The van der Waals surface area contributed by atoms with E-state index in [1.54, 1.807) is 7.11 Å². The number of ether oxygens (including phenoxy) is 2. The van der Waals surface area contributed by atoms with Crippen molar-refractivity contribution in [3.8, 4) is 5.75 Å². The molecule has 0 bridgehead atoms. The number of methoxy groups -OCH3 is 1. The lowest BCUT2D eigenvalue weighted by Gasteiger charge is -2.31. The molecule has 3 nitrogen and oxygen atoms in total. The van der Waals surface area contributed by atoms with Crippen LogP contribution in [0.1, 0.15) is 37.8 Å². The van der Waals surface area contributed by atoms with Gasteiger partial charge >= 0.3 is 0 Å². The molecule has 0 spiro atoms. The van der Waals surface area contributed by atoms with E-state index in [9.17, 15) is 5.11 Å². The van der Waals surface area contributed by atoms with Gasteiger partial charge < -0.3 is 14.6 Å². The lowest BCUT2D eigenvalue weighted by molar-refractivity contribution is -0.0581. The van der Waals surface area contributed by atoms with E-state index in [1.807, 2.05) is 38.1 Å². The minimum absolute atomic E-state index is 0.157. The van der Waals surface area contributed by atoms with Crippen molar-refractivity contribution < 1.29 is 14.6 Å². The Morgan fingerprint density at radius 2 is 2.19 bits per heavy atom. The fraction of sp³-hybridized carbons (Fsp3) is 0.444. The van der Waals surface area contributed by atoms with Crippen LogP contribution in [0.15, 0.2) is 36.6 Å². The van der Waals surface area contributed by atoms with E-state index in [4.69, 9.17) is 9.47 Å². The molecule has 1 aromatic rings. The maximum Gasteiger partial charge on any atom is 0.131 e. The van der Waals surface area contributed by atoms with Crippen LogP contribution in [0.3, 0.4) is 0 Å². The van der Waals surface area contributed by atoms with Crippen LogP contribution in [-0.4, -0.2) is 23.9 Å². The van der Waals surface area contributed by atoms with Crippen LogP contribution >= 0.6 is 0 Å². The van der Waals surface area contributed by atoms with Crippen LogP contribution in [0, 0.1) is 0 Å². The first-order valence-electron chi connectivity index (χ1n) is 7.45. The third-order valence-corrected chi connectivity index (χ3v) is 4.31. The molecule has 0 saturated heterocycles.